The Morgan fingerprint density at radius 3 is 2.91 bits per heavy atom. The number of hydrogen-bond acceptors (Lipinski definition) is 2. The summed E-state index contributed by atoms with van der Waals surface area (Å²) in [5.41, 5.74) is 0. The van der Waals surface area contributed by atoms with Crippen LogP contribution in [0.4, 0.5) is 0 Å². The normalized spacial score (nSPS) is 44.7. The molecule has 0 bridgehead atoms. The maximum atomic E-state index is 3.47. The summed E-state index contributed by atoms with van der Waals surface area (Å²) in [7, 11) is 0. The lowest BCUT2D eigenvalue weighted by atomic mass is 9.95. The van der Waals surface area contributed by atoms with Gasteiger partial charge in [-0.15, -0.1) is 0 Å². The smallest absolute Gasteiger partial charge is 0.0111 e. The van der Waals surface area contributed by atoms with E-state index in [0.717, 1.165) is 17.9 Å². The first-order chi connectivity index (χ1) is 5.33. The van der Waals surface area contributed by atoms with Gasteiger partial charge in [0.15, 0.2) is 0 Å². The standard InChI is InChI=1S/C9H18N2/c1-3-11-6-8-4-10-5-9(8)7(11)2/h7-10H,3-6H2,1-2H3. The fourth-order valence-corrected chi connectivity index (χ4v) is 2.67. The minimum atomic E-state index is 0.819. The fraction of sp³-hybridized carbons (Fsp3) is 1.00. The molecule has 2 aliphatic heterocycles. The molecule has 2 heterocycles. The van der Waals surface area contributed by atoms with Crippen LogP contribution in [0.1, 0.15) is 13.8 Å². The Hall–Kier alpha value is -0.0800. The van der Waals surface area contributed by atoms with E-state index in [1.807, 2.05) is 0 Å². The highest BCUT2D eigenvalue weighted by Crippen LogP contribution is 2.31. The molecule has 0 saturated carbocycles. The predicted molar refractivity (Wildman–Crippen MR) is 46.6 cm³/mol. The molecular formula is C9H18N2. The van der Waals surface area contributed by atoms with Gasteiger partial charge in [0.25, 0.3) is 0 Å². The quantitative estimate of drug-likeness (QED) is 0.593. The number of fused-ring (bicyclic) bond motifs is 1. The molecule has 0 aromatic carbocycles. The third-order valence-electron chi connectivity index (χ3n) is 3.46. The predicted octanol–water partition coefficient (Wildman–Crippen LogP) is 0.546. The van der Waals surface area contributed by atoms with Gasteiger partial charge in [0, 0.05) is 12.6 Å². The summed E-state index contributed by atoms with van der Waals surface area (Å²) >= 11 is 0. The van der Waals surface area contributed by atoms with E-state index < -0.39 is 0 Å². The molecule has 0 aliphatic carbocycles. The van der Waals surface area contributed by atoms with E-state index in [2.05, 4.69) is 24.1 Å². The number of rotatable bonds is 1. The highest BCUT2D eigenvalue weighted by Gasteiger charge is 2.40. The van der Waals surface area contributed by atoms with Crippen LogP contribution in [0.25, 0.3) is 0 Å². The van der Waals surface area contributed by atoms with Gasteiger partial charge in [-0.3, -0.25) is 0 Å². The van der Waals surface area contributed by atoms with Crippen molar-refractivity contribution in [2.45, 2.75) is 19.9 Å². The lowest BCUT2D eigenvalue weighted by Crippen LogP contribution is -2.32. The second-order valence-corrected chi connectivity index (χ2v) is 3.91. The van der Waals surface area contributed by atoms with Crippen LogP contribution in [-0.2, 0) is 0 Å². The molecule has 3 unspecified atom stereocenters. The summed E-state index contributed by atoms with van der Waals surface area (Å²) in [4.78, 5) is 2.61. The Morgan fingerprint density at radius 1 is 1.45 bits per heavy atom. The van der Waals surface area contributed by atoms with E-state index in [0.29, 0.717) is 0 Å². The summed E-state index contributed by atoms with van der Waals surface area (Å²) in [6.45, 7) is 9.71. The van der Waals surface area contributed by atoms with Crippen LogP contribution < -0.4 is 5.32 Å². The molecule has 0 aromatic heterocycles. The Morgan fingerprint density at radius 2 is 2.27 bits per heavy atom. The largest absolute Gasteiger partial charge is 0.316 e. The van der Waals surface area contributed by atoms with Crippen molar-refractivity contribution in [1.82, 2.24) is 10.2 Å². The van der Waals surface area contributed by atoms with Crippen molar-refractivity contribution >= 4 is 0 Å². The first kappa shape index (κ1) is 7.56. The number of nitrogens with one attached hydrogen (secondary N) is 1. The van der Waals surface area contributed by atoms with Crippen molar-refractivity contribution in [3.63, 3.8) is 0 Å². The van der Waals surface area contributed by atoms with Crippen LogP contribution in [-0.4, -0.2) is 37.1 Å². The summed E-state index contributed by atoms with van der Waals surface area (Å²) in [5, 5.41) is 3.47. The number of hydrogen-bond donors (Lipinski definition) is 1. The minimum Gasteiger partial charge on any atom is -0.316 e. The van der Waals surface area contributed by atoms with Gasteiger partial charge in [-0.1, -0.05) is 6.92 Å². The monoisotopic (exact) mass is 154 g/mol. The average Bonchev–Trinajstić information content (AvgIpc) is 2.53. The van der Waals surface area contributed by atoms with Crippen LogP contribution in [0.3, 0.4) is 0 Å². The van der Waals surface area contributed by atoms with Crippen molar-refractivity contribution < 1.29 is 0 Å². The maximum absolute atomic E-state index is 3.47. The summed E-state index contributed by atoms with van der Waals surface area (Å²) in [5.74, 6) is 1.89. The molecule has 0 radical (unpaired) electrons. The second-order valence-electron chi connectivity index (χ2n) is 3.91. The molecule has 0 aromatic rings. The number of nitrogens with zero attached hydrogens (tertiary/aromatic N) is 1. The van der Waals surface area contributed by atoms with Crippen LogP contribution in [0, 0.1) is 11.8 Å². The van der Waals surface area contributed by atoms with Crippen LogP contribution in [0.2, 0.25) is 0 Å². The summed E-state index contributed by atoms with van der Waals surface area (Å²) in [6.07, 6.45) is 0. The Kier molecular flexibility index (Phi) is 1.90. The van der Waals surface area contributed by atoms with Gasteiger partial charge in [0.1, 0.15) is 0 Å². The third kappa shape index (κ3) is 1.09. The molecule has 2 aliphatic rings. The molecule has 64 valence electrons. The minimum absolute atomic E-state index is 0.819. The Bertz CT molecular complexity index is 146. The van der Waals surface area contributed by atoms with Gasteiger partial charge in [0.2, 0.25) is 0 Å². The highest BCUT2D eigenvalue weighted by atomic mass is 15.2. The third-order valence-corrected chi connectivity index (χ3v) is 3.46. The number of likely N-dealkylation sites (tertiary alicyclic amines) is 1. The fourth-order valence-electron chi connectivity index (χ4n) is 2.67. The molecule has 2 saturated heterocycles. The first-order valence-electron chi connectivity index (χ1n) is 4.77. The van der Waals surface area contributed by atoms with E-state index in [-0.39, 0.29) is 0 Å². The van der Waals surface area contributed by atoms with Gasteiger partial charge < -0.3 is 10.2 Å². The zero-order valence-electron chi connectivity index (χ0n) is 7.51. The maximum Gasteiger partial charge on any atom is 0.0111 e. The molecule has 2 heteroatoms. The molecule has 0 amide bonds. The molecule has 2 rings (SSSR count). The van der Waals surface area contributed by atoms with Crippen molar-refractivity contribution in [3.05, 3.63) is 0 Å². The Balaban J connectivity index is 2.04. The van der Waals surface area contributed by atoms with Crippen LogP contribution in [0.15, 0.2) is 0 Å². The topological polar surface area (TPSA) is 15.3 Å². The molecule has 0 spiro atoms. The molecule has 3 atom stereocenters. The van der Waals surface area contributed by atoms with E-state index in [9.17, 15) is 0 Å². The van der Waals surface area contributed by atoms with Gasteiger partial charge in [-0.2, -0.15) is 0 Å². The Labute approximate surface area is 69.0 Å². The first-order valence-corrected chi connectivity index (χ1v) is 4.77. The van der Waals surface area contributed by atoms with Gasteiger partial charge in [0.05, 0.1) is 0 Å². The van der Waals surface area contributed by atoms with E-state index >= 15 is 0 Å². The van der Waals surface area contributed by atoms with Crippen molar-refractivity contribution in [2.24, 2.45) is 11.8 Å². The van der Waals surface area contributed by atoms with E-state index in [4.69, 9.17) is 0 Å². The van der Waals surface area contributed by atoms with E-state index in [1.54, 1.807) is 0 Å². The lowest BCUT2D eigenvalue weighted by molar-refractivity contribution is 0.252. The van der Waals surface area contributed by atoms with Gasteiger partial charge in [-0.25, -0.2) is 0 Å². The van der Waals surface area contributed by atoms with Gasteiger partial charge in [-0.05, 0) is 38.4 Å². The molecule has 2 nitrogen and oxygen atoms in total. The summed E-state index contributed by atoms with van der Waals surface area (Å²) < 4.78 is 0. The second kappa shape index (κ2) is 2.76. The summed E-state index contributed by atoms with van der Waals surface area (Å²) in [6, 6.07) is 0.819. The average molecular weight is 154 g/mol. The highest BCUT2D eigenvalue weighted by molar-refractivity contribution is 4.95. The molecule has 11 heavy (non-hydrogen) atoms. The zero-order valence-corrected chi connectivity index (χ0v) is 7.51. The van der Waals surface area contributed by atoms with Crippen molar-refractivity contribution in [2.75, 3.05) is 26.2 Å². The molecule has 2 fully saturated rings. The van der Waals surface area contributed by atoms with Crippen LogP contribution >= 0.6 is 0 Å². The van der Waals surface area contributed by atoms with Crippen molar-refractivity contribution in [1.29, 1.82) is 0 Å². The van der Waals surface area contributed by atoms with Crippen LogP contribution in [0.5, 0.6) is 0 Å². The lowest BCUT2D eigenvalue weighted by Gasteiger charge is -2.21. The van der Waals surface area contributed by atoms with Crippen molar-refractivity contribution in [3.8, 4) is 0 Å². The zero-order chi connectivity index (χ0) is 7.84. The molecular weight excluding hydrogens is 136 g/mol. The molecule has 1 N–H and O–H groups in total. The SMILES string of the molecule is CCN1CC2CNCC2C1C. The van der Waals surface area contributed by atoms with Gasteiger partial charge >= 0.3 is 0 Å². The van der Waals surface area contributed by atoms with E-state index in [1.165, 1.54) is 26.2 Å².